The number of hydrogen-bond donors (Lipinski definition) is 0. The number of halogens is 2. The normalized spacial score (nSPS) is 12.6. The van der Waals surface area contributed by atoms with Crippen molar-refractivity contribution in [3.05, 3.63) is 52.8 Å². The molecule has 25 heavy (non-hydrogen) atoms. The molecule has 0 unspecified atom stereocenters. The molecule has 0 atom stereocenters. The summed E-state index contributed by atoms with van der Waals surface area (Å²) in [7, 11) is 1.67. The molecule has 1 heterocycles. The summed E-state index contributed by atoms with van der Waals surface area (Å²) in [5, 5.41) is 0.344. The van der Waals surface area contributed by atoms with Gasteiger partial charge in [-0.2, -0.15) is 0 Å². The number of carbonyl (C=O) groups excluding carboxylic acids is 1. The van der Waals surface area contributed by atoms with Gasteiger partial charge < -0.3 is 19.1 Å². The molecule has 7 heteroatoms. The van der Waals surface area contributed by atoms with Crippen molar-refractivity contribution >= 4 is 17.5 Å². The third kappa shape index (κ3) is 4.14. The highest BCUT2D eigenvalue weighted by Crippen LogP contribution is 2.38. The average Bonchev–Trinajstić information content (AvgIpc) is 2.62. The van der Waals surface area contributed by atoms with Crippen LogP contribution in [0, 0.1) is 5.82 Å². The highest BCUT2D eigenvalue weighted by Gasteiger charge is 2.21. The fraction of sp³-hybridized carbons (Fsp3) is 0.278. The summed E-state index contributed by atoms with van der Waals surface area (Å²) in [5.41, 5.74) is 0.415. The topological polar surface area (TPSA) is 48.0 Å². The van der Waals surface area contributed by atoms with Crippen LogP contribution in [0.3, 0.4) is 0 Å². The maximum Gasteiger partial charge on any atom is 0.253 e. The van der Waals surface area contributed by atoms with Gasteiger partial charge in [0.05, 0.1) is 11.6 Å². The van der Waals surface area contributed by atoms with Gasteiger partial charge in [0.25, 0.3) is 5.91 Å². The first kappa shape index (κ1) is 17.4. The van der Waals surface area contributed by atoms with E-state index in [2.05, 4.69) is 0 Å². The molecule has 3 rings (SSSR count). The minimum absolute atomic E-state index is 0.207. The standard InChI is InChI=1S/C18H17ClFNO4/c1-21(6-7-23-14-4-2-13(20)3-5-14)18(22)12-10-15(19)17-16(11-12)24-8-9-25-17/h2-5,10-11H,6-9H2,1H3. The van der Waals surface area contributed by atoms with Crippen molar-refractivity contribution < 1.29 is 23.4 Å². The van der Waals surface area contributed by atoms with Crippen molar-refractivity contribution in [2.45, 2.75) is 0 Å². The number of benzene rings is 2. The molecular weight excluding hydrogens is 349 g/mol. The van der Waals surface area contributed by atoms with Crippen LogP contribution in [0.25, 0.3) is 0 Å². The second-order valence-corrected chi connectivity index (χ2v) is 5.92. The Balaban J connectivity index is 1.60. The molecule has 1 amide bonds. The summed E-state index contributed by atoms with van der Waals surface area (Å²) >= 11 is 6.16. The minimum atomic E-state index is -0.324. The van der Waals surface area contributed by atoms with Crippen LogP contribution in [0.1, 0.15) is 10.4 Å². The van der Waals surface area contributed by atoms with E-state index in [9.17, 15) is 9.18 Å². The highest BCUT2D eigenvalue weighted by atomic mass is 35.5. The van der Waals surface area contributed by atoms with E-state index in [4.69, 9.17) is 25.8 Å². The lowest BCUT2D eigenvalue weighted by atomic mass is 10.1. The van der Waals surface area contributed by atoms with Crippen LogP contribution >= 0.6 is 11.6 Å². The molecular formula is C18H17ClFNO4. The predicted octanol–water partition coefficient (Wildman–Crippen LogP) is 3.40. The van der Waals surface area contributed by atoms with Crippen LogP contribution in [0.4, 0.5) is 4.39 Å². The lowest BCUT2D eigenvalue weighted by molar-refractivity contribution is 0.0772. The smallest absolute Gasteiger partial charge is 0.253 e. The van der Waals surface area contributed by atoms with Crippen LogP contribution in [0.2, 0.25) is 5.02 Å². The van der Waals surface area contributed by atoms with Crippen molar-refractivity contribution in [2.75, 3.05) is 33.4 Å². The monoisotopic (exact) mass is 365 g/mol. The number of fused-ring (bicyclic) bond motifs is 1. The molecule has 2 aromatic carbocycles. The van der Waals surface area contributed by atoms with Crippen LogP contribution in [-0.2, 0) is 0 Å². The maximum atomic E-state index is 12.8. The Morgan fingerprint density at radius 2 is 1.96 bits per heavy atom. The van der Waals surface area contributed by atoms with Gasteiger partial charge in [0.15, 0.2) is 11.5 Å². The molecule has 1 aliphatic heterocycles. The average molecular weight is 366 g/mol. The quantitative estimate of drug-likeness (QED) is 0.814. The van der Waals surface area contributed by atoms with E-state index in [0.29, 0.717) is 47.6 Å². The Morgan fingerprint density at radius 3 is 2.72 bits per heavy atom. The number of amides is 1. The molecule has 5 nitrogen and oxygen atoms in total. The zero-order chi connectivity index (χ0) is 17.8. The van der Waals surface area contributed by atoms with E-state index in [1.807, 2.05) is 0 Å². The van der Waals surface area contributed by atoms with Crippen LogP contribution < -0.4 is 14.2 Å². The third-order valence-electron chi connectivity index (χ3n) is 3.70. The first-order valence-corrected chi connectivity index (χ1v) is 8.15. The molecule has 0 fully saturated rings. The van der Waals surface area contributed by atoms with E-state index >= 15 is 0 Å². The molecule has 0 N–H and O–H groups in total. The second-order valence-electron chi connectivity index (χ2n) is 5.51. The largest absolute Gasteiger partial charge is 0.492 e. The summed E-state index contributed by atoms with van der Waals surface area (Å²) in [6.45, 7) is 1.50. The number of ether oxygens (including phenoxy) is 3. The van der Waals surface area contributed by atoms with Gasteiger partial charge >= 0.3 is 0 Å². The molecule has 0 aromatic heterocycles. The fourth-order valence-electron chi connectivity index (χ4n) is 2.39. The molecule has 1 aliphatic rings. The fourth-order valence-corrected chi connectivity index (χ4v) is 2.65. The van der Waals surface area contributed by atoms with Gasteiger partial charge in [-0.1, -0.05) is 11.6 Å². The molecule has 0 saturated carbocycles. The van der Waals surface area contributed by atoms with E-state index in [-0.39, 0.29) is 18.3 Å². The van der Waals surface area contributed by atoms with E-state index < -0.39 is 0 Å². The van der Waals surface area contributed by atoms with Crippen molar-refractivity contribution in [1.82, 2.24) is 4.90 Å². The molecule has 0 bridgehead atoms. The predicted molar refractivity (Wildman–Crippen MR) is 91.3 cm³/mol. The molecule has 2 aromatic rings. The van der Waals surface area contributed by atoms with Gasteiger partial charge in [-0.05, 0) is 36.4 Å². The number of hydrogen-bond acceptors (Lipinski definition) is 4. The maximum absolute atomic E-state index is 12.8. The summed E-state index contributed by atoms with van der Waals surface area (Å²) in [6.07, 6.45) is 0. The number of carbonyl (C=O) groups is 1. The Morgan fingerprint density at radius 1 is 1.24 bits per heavy atom. The lowest BCUT2D eigenvalue weighted by Gasteiger charge is -2.22. The Labute approximate surface area is 149 Å². The van der Waals surface area contributed by atoms with Crippen LogP contribution in [0.5, 0.6) is 17.2 Å². The Kier molecular flexibility index (Phi) is 5.28. The molecule has 0 aliphatic carbocycles. The SMILES string of the molecule is CN(CCOc1ccc(F)cc1)C(=O)c1cc(Cl)c2c(c1)OCCO2. The molecule has 0 saturated heterocycles. The number of nitrogens with zero attached hydrogens (tertiary/aromatic N) is 1. The minimum Gasteiger partial charge on any atom is -0.492 e. The number of rotatable bonds is 5. The molecule has 0 radical (unpaired) electrons. The van der Waals surface area contributed by atoms with Gasteiger partial charge in [0.2, 0.25) is 0 Å². The van der Waals surface area contributed by atoms with Crippen LogP contribution in [-0.4, -0.2) is 44.2 Å². The van der Waals surface area contributed by atoms with Gasteiger partial charge in [0, 0.05) is 12.6 Å². The van der Waals surface area contributed by atoms with Crippen molar-refractivity contribution in [3.8, 4) is 17.2 Å². The van der Waals surface area contributed by atoms with E-state index in [0.717, 1.165) is 0 Å². The summed E-state index contributed by atoms with van der Waals surface area (Å²) in [6, 6.07) is 8.91. The first-order chi connectivity index (χ1) is 12.0. The van der Waals surface area contributed by atoms with Gasteiger partial charge in [0.1, 0.15) is 31.4 Å². The summed E-state index contributed by atoms with van der Waals surface area (Å²) in [4.78, 5) is 14.1. The van der Waals surface area contributed by atoms with E-state index in [1.54, 1.807) is 19.2 Å². The first-order valence-electron chi connectivity index (χ1n) is 7.77. The second kappa shape index (κ2) is 7.61. The molecule has 132 valence electrons. The zero-order valence-electron chi connectivity index (χ0n) is 13.6. The number of likely N-dealkylation sites (N-methyl/N-ethyl adjacent to an activating group) is 1. The summed E-state index contributed by atoms with van der Waals surface area (Å²) in [5.74, 6) is 0.950. The van der Waals surface area contributed by atoms with Crippen molar-refractivity contribution in [2.24, 2.45) is 0 Å². The van der Waals surface area contributed by atoms with Gasteiger partial charge in [-0.15, -0.1) is 0 Å². The Hall–Kier alpha value is -2.47. The molecule has 0 spiro atoms. The van der Waals surface area contributed by atoms with Gasteiger partial charge in [-0.25, -0.2) is 4.39 Å². The van der Waals surface area contributed by atoms with Crippen LogP contribution in [0.15, 0.2) is 36.4 Å². The Bertz CT molecular complexity index is 766. The highest BCUT2D eigenvalue weighted by molar-refractivity contribution is 6.32. The lowest BCUT2D eigenvalue weighted by Crippen LogP contribution is -2.31. The third-order valence-corrected chi connectivity index (χ3v) is 3.98. The van der Waals surface area contributed by atoms with Gasteiger partial charge in [-0.3, -0.25) is 4.79 Å². The van der Waals surface area contributed by atoms with E-state index in [1.165, 1.54) is 29.2 Å². The van der Waals surface area contributed by atoms with Crippen molar-refractivity contribution in [1.29, 1.82) is 0 Å². The van der Waals surface area contributed by atoms with Crippen molar-refractivity contribution in [3.63, 3.8) is 0 Å². The zero-order valence-corrected chi connectivity index (χ0v) is 14.4. The summed E-state index contributed by atoms with van der Waals surface area (Å²) < 4.78 is 29.3.